The highest BCUT2D eigenvalue weighted by atomic mass is 16.5. The van der Waals surface area contributed by atoms with E-state index in [1.165, 1.54) is 30.0 Å². The van der Waals surface area contributed by atoms with E-state index in [9.17, 15) is 9.59 Å². The van der Waals surface area contributed by atoms with Crippen LogP contribution in [0.3, 0.4) is 0 Å². The molecule has 1 N–H and O–H groups in total. The monoisotopic (exact) mass is 340 g/mol. The summed E-state index contributed by atoms with van der Waals surface area (Å²) in [6.45, 7) is 1.59. The highest BCUT2D eigenvalue weighted by Crippen LogP contribution is 2.24. The van der Waals surface area contributed by atoms with Gasteiger partial charge in [-0.1, -0.05) is 19.1 Å². The third-order valence-corrected chi connectivity index (χ3v) is 3.64. The summed E-state index contributed by atoms with van der Waals surface area (Å²) in [5.41, 5.74) is 1.15. The van der Waals surface area contributed by atoms with Crippen molar-refractivity contribution in [3.8, 4) is 17.2 Å². The van der Waals surface area contributed by atoms with Crippen molar-refractivity contribution in [2.75, 3.05) is 6.61 Å². The van der Waals surface area contributed by atoms with Crippen molar-refractivity contribution in [1.29, 1.82) is 0 Å². The molecule has 0 aliphatic carbocycles. The predicted molar refractivity (Wildman–Crippen MR) is 91.5 cm³/mol. The number of benzene rings is 2. The van der Waals surface area contributed by atoms with E-state index in [-0.39, 0.29) is 11.2 Å². The van der Waals surface area contributed by atoms with E-state index in [1.54, 1.807) is 12.1 Å². The molecule has 6 nitrogen and oxygen atoms in total. The number of ether oxygens (including phenoxy) is 2. The van der Waals surface area contributed by atoms with Crippen LogP contribution in [0.15, 0.2) is 57.9 Å². The maximum absolute atomic E-state index is 12.5. The molecular formula is C19H16O6. The van der Waals surface area contributed by atoms with Gasteiger partial charge in [0, 0.05) is 6.07 Å². The Hall–Kier alpha value is -3.28. The summed E-state index contributed by atoms with van der Waals surface area (Å²) in [7, 11) is 0. The number of fused-ring (bicyclic) bond motifs is 1. The fraction of sp³-hybridized carbons (Fsp3) is 0.158. The van der Waals surface area contributed by atoms with Crippen LogP contribution in [0.5, 0.6) is 17.2 Å². The smallest absolute Gasteiger partial charge is 0.341 e. The van der Waals surface area contributed by atoms with Crippen LogP contribution < -0.4 is 14.9 Å². The average molecular weight is 340 g/mol. The molecule has 0 radical (unpaired) electrons. The van der Waals surface area contributed by atoms with Gasteiger partial charge in [-0.05, 0) is 36.2 Å². The number of aliphatic carboxylic acids is 1. The van der Waals surface area contributed by atoms with Gasteiger partial charge in [-0.3, -0.25) is 4.79 Å². The normalized spacial score (nSPS) is 10.6. The fourth-order valence-electron chi connectivity index (χ4n) is 2.32. The van der Waals surface area contributed by atoms with E-state index in [4.69, 9.17) is 19.0 Å². The quantitative estimate of drug-likeness (QED) is 0.738. The third kappa shape index (κ3) is 3.80. The second-order valence-corrected chi connectivity index (χ2v) is 5.37. The molecule has 0 saturated heterocycles. The predicted octanol–water partition coefficient (Wildman–Crippen LogP) is 3.61. The minimum absolute atomic E-state index is 0.0796. The van der Waals surface area contributed by atoms with Crippen molar-refractivity contribution in [3.63, 3.8) is 0 Å². The van der Waals surface area contributed by atoms with Crippen LogP contribution in [0.4, 0.5) is 0 Å². The van der Waals surface area contributed by atoms with E-state index in [0.717, 1.165) is 6.42 Å². The maximum atomic E-state index is 12.5. The number of carboxylic acids is 1. The second-order valence-electron chi connectivity index (χ2n) is 5.37. The molecule has 0 saturated carbocycles. The number of rotatable bonds is 6. The molecule has 3 rings (SSSR count). The molecule has 128 valence electrons. The van der Waals surface area contributed by atoms with Crippen molar-refractivity contribution < 1.29 is 23.8 Å². The maximum Gasteiger partial charge on any atom is 0.341 e. The van der Waals surface area contributed by atoms with E-state index >= 15 is 0 Å². The van der Waals surface area contributed by atoms with Crippen LogP contribution in [0.2, 0.25) is 0 Å². The fourth-order valence-corrected chi connectivity index (χ4v) is 2.32. The first-order valence-corrected chi connectivity index (χ1v) is 7.74. The molecule has 0 unspecified atom stereocenters. The number of carbonyl (C=O) groups is 1. The Labute approximate surface area is 143 Å². The van der Waals surface area contributed by atoms with Crippen molar-refractivity contribution >= 4 is 16.9 Å². The SMILES string of the molecule is CCc1ccc(Oc2coc3cc(OCC(=O)O)ccc3c2=O)cc1. The summed E-state index contributed by atoms with van der Waals surface area (Å²) in [6, 6.07) is 12.0. The molecule has 0 fully saturated rings. The summed E-state index contributed by atoms with van der Waals surface area (Å²) < 4.78 is 16.1. The minimum Gasteiger partial charge on any atom is -0.482 e. The number of hydrogen-bond acceptors (Lipinski definition) is 5. The molecule has 0 bridgehead atoms. The van der Waals surface area contributed by atoms with Gasteiger partial charge in [0.05, 0.1) is 5.39 Å². The van der Waals surface area contributed by atoms with Gasteiger partial charge in [0.2, 0.25) is 11.2 Å². The van der Waals surface area contributed by atoms with Gasteiger partial charge < -0.3 is 19.0 Å². The van der Waals surface area contributed by atoms with Gasteiger partial charge in [0.1, 0.15) is 23.3 Å². The number of aryl methyl sites for hydroxylation is 1. The Balaban J connectivity index is 1.87. The first kappa shape index (κ1) is 16.6. The summed E-state index contributed by atoms with van der Waals surface area (Å²) in [4.78, 5) is 23.0. The van der Waals surface area contributed by atoms with Crippen molar-refractivity contribution in [1.82, 2.24) is 0 Å². The molecule has 2 aromatic carbocycles. The highest BCUT2D eigenvalue weighted by Gasteiger charge is 2.11. The van der Waals surface area contributed by atoms with Crippen LogP contribution in [-0.2, 0) is 11.2 Å². The van der Waals surface area contributed by atoms with Crippen molar-refractivity contribution in [2.24, 2.45) is 0 Å². The Morgan fingerprint density at radius 3 is 2.52 bits per heavy atom. The molecule has 0 amide bonds. The molecule has 25 heavy (non-hydrogen) atoms. The van der Waals surface area contributed by atoms with E-state index in [1.807, 2.05) is 12.1 Å². The van der Waals surface area contributed by atoms with Gasteiger partial charge in [0.25, 0.3) is 0 Å². The third-order valence-electron chi connectivity index (χ3n) is 3.64. The first-order chi connectivity index (χ1) is 12.1. The summed E-state index contributed by atoms with van der Waals surface area (Å²) in [6.07, 6.45) is 2.16. The van der Waals surface area contributed by atoms with Gasteiger partial charge in [0.15, 0.2) is 6.61 Å². The molecule has 0 atom stereocenters. The number of hydrogen-bond donors (Lipinski definition) is 1. The summed E-state index contributed by atoms with van der Waals surface area (Å²) in [5, 5.41) is 8.95. The zero-order valence-corrected chi connectivity index (χ0v) is 13.5. The van der Waals surface area contributed by atoms with E-state index < -0.39 is 12.6 Å². The van der Waals surface area contributed by atoms with Gasteiger partial charge >= 0.3 is 5.97 Å². The van der Waals surface area contributed by atoms with Crippen LogP contribution in [0.1, 0.15) is 12.5 Å². The Morgan fingerprint density at radius 1 is 1.12 bits per heavy atom. The van der Waals surface area contributed by atoms with Gasteiger partial charge in [-0.15, -0.1) is 0 Å². The van der Waals surface area contributed by atoms with E-state index in [0.29, 0.717) is 22.5 Å². The molecule has 6 heteroatoms. The second kappa shape index (κ2) is 7.09. The minimum atomic E-state index is -1.08. The van der Waals surface area contributed by atoms with Crippen molar-refractivity contribution in [2.45, 2.75) is 13.3 Å². The standard InChI is InChI=1S/C19H16O6/c1-2-12-3-5-13(6-4-12)25-17-10-24-16-9-14(23-11-18(20)21)7-8-15(16)19(17)22/h3-10H,2,11H2,1H3,(H,20,21). The zero-order valence-electron chi connectivity index (χ0n) is 13.5. The Bertz CT molecular complexity index is 956. The van der Waals surface area contributed by atoms with Crippen LogP contribution in [0, 0.1) is 0 Å². The van der Waals surface area contributed by atoms with E-state index in [2.05, 4.69) is 6.92 Å². The van der Waals surface area contributed by atoms with Crippen LogP contribution >= 0.6 is 0 Å². The van der Waals surface area contributed by atoms with Gasteiger partial charge in [-0.2, -0.15) is 0 Å². The number of carboxylic acid groups (broad SMARTS) is 1. The largest absolute Gasteiger partial charge is 0.482 e. The lowest BCUT2D eigenvalue weighted by Crippen LogP contribution is -2.09. The first-order valence-electron chi connectivity index (χ1n) is 7.74. The summed E-state index contributed by atoms with van der Waals surface area (Å²) in [5.74, 6) is -0.150. The lowest BCUT2D eigenvalue weighted by Gasteiger charge is -2.07. The van der Waals surface area contributed by atoms with Crippen LogP contribution in [0.25, 0.3) is 11.0 Å². The molecule has 0 spiro atoms. The summed E-state index contributed by atoms with van der Waals surface area (Å²) >= 11 is 0. The highest BCUT2D eigenvalue weighted by molar-refractivity contribution is 5.79. The molecule has 3 aromatic rings. The lowest BCUT2D eigenvalue weighted by molar-refractivity contribution is -0.139. The van der Waals surface area contributed by atoms with Crippen LogP contribution in [-0.4, -0.2) is 17.7 Å². The van der Waals surface area contributed by atoms with Gasteiger partial charge in [-0.25, -0.2) is 4.79 Å². The average Bonchev–Trinajstić information content (AvgIpc) is 2.63. The molecule has 0 aliphatic heterocycles. The molecular weight excluding hydrogens is 324 g/mol. The van der Waals surface area contributed by atoms with Crippen molar-refractivity contribution in [3.05, 3.63) is 64.5 Å². The molecule has 1 aromatic heterocycles. The molecule has 1 heterocycles. The topological polar surface area (TPSA) is 86.0 Å². The molecule has 0 aliphatic rings. The zero-order chi connectivity index (χ0) is 17.8. The lowest BCUT2D eigenvalue weighted by atomic mass is 10.2. The Morgan fingerprint density at radius 2 is 1.84 bits per heavy atom. The Kier molecular flexibility index (Phi) is 4.70.